The lowest BCUT2D eigenvalue weighted by Gasteiger charge is -2.21. The zero-order chi connectivity index (χ0) is 15.1. The molecule has 1 saturated heterocycles. The summed E-state index contributed by atoms with van der Waals surface area (Å²) in [4.78, 5) is 28.9. The zero-order valence-corrected chi connectivity index (χ0v) is 11.7. The summed E-state index contributed by atoms with van der Waals surface area (Å²) in [6.45, 7) is 0.0265. The fraction of sp³-hybridized carbons (Fsp3) is 0.308. The van der Waals surface area contributed by atoms with E-state index < -0.39 is 24.0 Å². The molecule has 2 atom stereocenters. The molecule has 4 N–H and O–H groups in total. The molecule has 3 rings (SSSR count). The largest absolute Gasteiger partial charge is 0.480 e. The average molecular weight is 307 g/mol. The van der Waals surface area contributed by atoms with E-state index in [1.807, 2.05) is 0 Å². The number of hydrogen-bond donors (Lipinski definition) is 3. The van der Waals surface area contributed by atoms with E-state index in [9.17, 15) is 14.7 Å². The van der Waals surface area contributed by atoms with Gasteiger partial charge in [0.1, 0.15) is 6.04 Å². The molecule has 21 heavy (non-hydrogen) atoms. The van der Waals surface area contributed by atoms with E-state index in [0.29, 0.717) is 16.2 Å². The first-order chi connectivity index (χ1) is 9.95. The molecule has 1 aliphatic rings. The van der Waals surface area contributed by atoms with Crippen LogP contribution in [-0.4, -0.2) is 50.7 Å². The van der Waals surface area contributed by atoms with Crippen molar-refractivity contribution in [3.05, 3.63) is 23.8 Å². The minimum atomic E-state index is -1.11. The maximum Gasteiger partial charge on any atom is 0.326 e. The van der Waals surface area contributed by atoms with Gasteiger partial charge in [0.2, 0.25) is 0 Å². The second-order valence-electron chi connectivity index (χ2n) is 4.94. The molecular formula is C13H13N3O4S. The van der Waals surface area contributed by atoms with Gasteiger partial charge >= 0.3 is 5.97 Å². The Hall–Kier alpha value is -2.19. The highest BCUT2D eigenvalue weighted by molar-refractivity contribution is 7.22. The van der Waals surface area contributed by atoms with E-state index in [1.54, 1.807) is 18.2 Å². The molecule has 1 aliphatic heterocycles. The molecule has 2 aromatic rings. The molecule has 1 amide bonds. The third kappa shape index (κ3) is 2.43. The van der Waals surface area contributed by atoms with E-state index >= 15 is 0 Å². The number of aromatic nitrogens is 1. The van der Waals surface area contributed by atoms with Crippen molar-refractivity contribution in [2.24, 2.45) is 0 Å². The molecule has 110 valence electrons. The number of carbonyl (C=O) groups excluding carboxylic acids is 1. The standard InChI is InChI=1S/C13H13N3O4S/c14-13-15-8-2-1-6(3-10(8)21-13)11(18)16-5-7(17)4-9(16)12(19)20/h1-3,7,9,17H,4-5H2,(H2,14,15)(H,19,20)/t7-,9-/m1/s1. The summed E-state index contributed by atoms with van der Waals surface area (Å²) >= 11 is 1.26. The number of carboxylic acid groups (broad SMARTS) is 1. The van der Waals surface area contributed by atoms with Gasteiger partial charge in [-0.2, -0.15) is 0 Å². The van der Waals surface area contributed by atoms with Crippen molar-refractivity contribution in [2.45, 2.75) is 18.6 Å². The van der Waals surface area contributed by atoms with Crippen LogP contribution in [0.5, 0.6) is 0 Å². The Labute approximate surface area is 123 Å². The molecule has 0 radical (unpaired) electrons. The fourth-order valence-corrected chi connectivity index (χ4v) is 3.29. The Morgan fingerprint density at radius 2 is 2.19 bits per heavy atom. The van der Waals surface area contributed by atoms with Crippen molar-refractivity contribution < 1.29 is 19.8 Å². The van der Waals surface area contributed by atoms with E-state index in [4.69, 9.17) is 10.8 Å². The number of likely N-dealkylation sites (tertiary alicyclic amines) is 1. The third-order valence-corrected chi connectivity index (χ3v) is 4.32. The number of thiazole rings is 1. The van der Waals surface area contributed by atoms with Crippen LogP contribution < -0.4 is 5.73 Å². The van der Waals surface area contributed by atoms with E-state index in [-0.39, 0.29) is 13.0 Å². The van der Waals surface area contributed by atoms with Crippen LogP contribution in [0.25, 0.3) is 10.2 Å². The van der Waals surface area contributed by atoms with Crippen LogP contribution in [-0.2, 0) is 4.79 Å². The van der Waals surface area contributed by atoms with Gasteiger partial charge in [-0.1, -0.05) is 11.3 Å². The molecule has 7 nitrogen and oxygen atoms in total. The monoisotopic (exact) mass is 307 g/mol. The van der Waals surface area contributed by atoms with E-state index in [1.165, 1.54) is 16.2 Å². The van der Waals surface area contributed by atoms with Gasteiger partial charge in [0, 0.05) is 18.5 Å². The van der Waals surface area contributed by atoms with Crippen molar-refractivity contribution in [2.75, 3.05) is 12.3 Å². The number of carboxylic acids is 1. The number of nitrogens with two attached hydrogens (primary N) is 1. The SMILES string of the molecule is Nc1nc2ccc(C(=O)N3C[C@H](O)C[C@@H]3C(=O)O)cc2s1. The van der Waals surface area contributed by atoms with E-state index in [0.717, 1.165) is 4.70 Å². The zero-order valence-electron chi connectivity index (χ0n) is 10.9. The fourth-order valence-electron chi connectivity index (χ4n) is 2.51. The van der Waals surface area contributed by atoms with Crippen LogP contribution in [0.2, 0.25) is 0 Å². The molecule has 1 aromatic heterocycles. The molecule has 1 fully saturated rings. The second-order valence-corrected chi connectivity index (χ2v) is 6.00. The van der Waals surface area contributed by atoms with Gasteiger partial charge in [-0.15, -0.1) is 0 Å². The van der Waals surface area contributed by atoms with Crippen molar-refractivity contribution in [1.29, 1.82) is 0 Å². The lowest BCUT2D eigenvalue weighted by molar-refractivity contribution is -0.141. The molecule has 2 heterocycles. The van der Waals surface area contributed by atoms with Gasteiger partial charge < -0.3 is 20.8 Å². The summed E-state index contributed by atoms with van der Waals surface area (Å²) in [7, 11) is 0. The van der Waals surface area contributed by atoms with Crippen LogP contribution in [0.4, 0.5) is 5.13 Å². The number of hydrogen-bond acceptors (Lipinski definition) is 6. The van der Waals surface area contributed by atoms with Gasteiger partial charge in [-0.25, -0.2) is 9.78 Å². The summed E-state index contributed by atoms with van der Waals surface area (Å²) in [5.74, 6) is -1.52. The van der Waals surface area contributed by atoms with Crippen LogP contribution in [0.1, 0.15) is 16.8 Å². The number of amides is 1. The summed E-state index contributed by atoms with van der Waals surface area (Å²) in [6, 6.07) is 3.93. The number of nitrogen functional groups attached to an aromatic ring is 1. The summed E-state index contributed by atoms with van der Waals surface area (Å²) in [6.07, 6.45) is -0.755. The number of anilines is 1. The lowest BCUT2D eigenvalue weighted by Crippen LogP contribution is -2.40. The lowest BCUT2D eigenvalue weighted by atomic mass is 10.1. The number of carbonyl (C=O) groups is 2. The van der Waals surface area contributed by atoms with Gasteiger partial charge in [0.05, 0.1) is 16.3 Å². The molecular weight excluding hydrogens is 294 g/mol. The van der Waals surface area contributed by atoms with Gasteiger partial charge in [-0.05, 0) is 18.2 Å². The maximum atomic E-state index is 12.5. The highest BCUT2D eigenvalue weighted by atomic mass is 32.1. The Morgan fingerprint density at radius 1 is 1.43 bits per heavy atom. The molecule has 0 unspecified atom stereocenters. The molecule has 0 bridgehead atoms. The number of nitrogens with zero attached hydrogens (tertiary/aromatic N) is 2. The summed E-state index contributed by atoms with van der Waals surface area (Å²) < 4.78 is 0.768. The first-order valence-electron chi connectivity index (χ1n) is 6.33. The number of fused-ring (bicyclic) bond motifs is 1. The van der Waals surface area contributed by atoms with Crippen molar-refractivity contribution in [3.8, 4) is 0 Å². The highest BCUT2D eigenvalue weighted by Crippen LogP contribution is 2.27. The number of rotatable bonds is 2. The molecule has 0 aliphatic carbocycles. The first-order valence-corrected chi connectivity index (χ1v) is 7.15. The Bertz CT molecular complexity index is 729. The summed E-state index contributed by atoms with van der Waals surface area (Å²) in [5.41, 5.74) is 6.69. The van der Waals surface area contributed by atoms with Crippen LogP contribution in [0, 0.1) is 0 Å². The minimum absolute atomic E-state index is 0.0265. The third-order valence-electron chi connectivity index (χ3n) is 3.48. The average Bonchev–Trinajstić information content (AvgIpc) is 2.98. The molecule has 0 saturated carbocycles. The topological polar surface area (TPSA) is 117 Å². The Morgan fingerprint density at radius 3 is 2.90 bits per heavy atom. The molecule has 0 spiro atoms. The van der Waals surface area contributed by atoms with Crippen molar-refractivity contribution in [1.82, 2.24) is 9.88 Å². The first kappa shape index (κ1) is 13.8. The predicted molar refractivity (Wildman–Crippen MR) is 77.1 cm³/mol. The predicted octanol–water partition coefficient (Wildman–Crippen LogP) is 0.538. The van der Waals surface area contributed by atoms with E-state index in [2.05, 4.69) is 4.98 Å². The van der Waals surface area contributed by atoms with Crippen LogP contribution >= 0.6 is 11.3 Å². The summed E-state index contributed by atoms with van der Waals surface area (Å²) in [5, 5.41) is 19.2. The molecule has 1 aromatic carbocycles. The molecule has 8 heteroatoms. The second kappa shape index (κ2) is 4.97. The maximum absolute atomic E-state index is 12.5. The van der Waals surface area contributed by atoms with Crippen molar-refractivity contribution >= 4 is 38.6 Å². The Balaban J connectivity index is 1.93. The minimum Gasteiger partial charge on any atom is -0.480 e. The normalized spacial score (nSPS) is 21.9. The number of aliphatic hydroxyl groups is 1. The number of aliphatic carboxylic acids is 1. The highest BCUT2D eigenvalue weighted by Gasteiger charge is 2.39. The smallest absolute Gasteiger partial charge is 0.326 e. The van der Waals surface area contributed by atoms with Gasteiger partial charge in [0.15, 0.2) is 5.13 Å². The Kier molecular flexibility index (Phi) is 3.26. The van der Waals surface area contributed by atoms with Gasteiger partial charge in [-0.3, -0.25) is 4.79 Å². The van der Waals surface area contributed by atoms with Gasteiger partial charge in [0.25, 0.3) is 5.91 Å². The van der Waals surface area contributed by atoms with Crippen LogP contribution in [0.3, 0.4) is 0 Å². The van der Waals surface area contributed by atoms with Crippen molar-refractivity contribution in [3.63, 3.8) is 0 Å². The quantitative estimate of drug-likeness (QED) is 0.745. The number of β-amino-alcohol motifs (C(OH)–C–C–N with tert-alkyl or cyclic N) is 1. The number of aliphatic hydroxyl groups excluding tert-OH is 1. The number of benzene rings is 1. The van der Waals surface area contributed by atoms with Crippen LogP contribution in [0.15, 0.2) is 18.2 Å².